The number of aromatic nitrogens is 2. The summed E-state index contributed by atoms with van der Waals surface area (Å²) in [5, 5.41) is 3.05. The molecule has 2 aromatic rings. The predicted molar refractivity (Wildman–Crippen MR) is 84.0 cm³/mol. The number of aryl methyl sites for hydroxylation is 2. The van der Waals surface area contributed by atoms with Gasteiger partial charge in [-0.1, -0.05) is 6.07 Å². The Morgan fingerprint density at radius 3 is 2.74 bits per heavy atom. The Labute approximate surface area is 125 Å². The summed E-state index contributed by atoms with van der Waals surface area (Å²) in [5.74, 6) is 0.644. The highest BCUT2D eigenvalue weighted by Crippen LogP contribution is 2.25. The average Bonchev–Trinajstić information content (AvgIpc) is 2.40. The fourth-order valence-electron chi connectivity index (χ4n) is 1.69. The van der Waals surface area contributed by atoms with Crippen LogP contribution in [0.2, 0.25) is 0 Å². The Morgan fingerprint density at radius 2 is 2.05 bits per heavy atom. The Morgan fingerprint density at radius 1 is 1.21 bits per heavy atom. The molecule has 19 heavy (non-hydrogen) atoms. The molecule has 0 aliphatic heterocycles. The lowest BCUT2D eigenvalue weighted by molar-refractivity contribution is 0.907. The van der Waals surface area contributed by atoms with E-state index < -0.39 is 0 Å². The summed E-state index contributed by atoms with van der Waals surface area (Å²) < 4.78 is 0.888. The molecule has 0 spiro atoms. The highest BCUT2D eigenvalue weighted by Gasteiger charge is 2.07. The largest absolute Gasteiger partial charge is 0.376 e. The summed E-state index contributed by atoms with van der Waals surface area (Å²) in [6, 6.07) is 7.89. The van der Waals surface area contributed by atoms with Gasteiger partial charge in [-0.3, -0.25) is 4.98 Å². The van der Waals surface area contributed by atoms with Crippen molar-refractivity contribution < 1.29 is 0 Å². The molecule has 3 N–H and O–H groups in total. The highest BCUT2D eigenvalue weighted by atomic mass is 79.9. The summed E-state index contributed by atoms with van der Waals surface area (Å²) in [5.41, 5.74) is 7.66. The first kappa shape index (κ1) is 13.9. The van der Waals surface area contributed by atoms with E-state index in [0.717, 1.165) is 28.6 Å². The van der Waals surface area contributed by atoms with E-state index in [-0.39, 0.29) is 5.11 Å². The van der Waals surface area contributed by atoms with Gasteiger partial charge in [0.05, 0.1) is 4.47 Å². The Hall–Kier alpha value is -1.53. The number of anilines is 1. The van der Waals surface area contributed by atoms with E-state index in [1.54, 1.807) is 12.4 Å². The number of nitrogens with two attached hydrogens (primary N) is 1. The van der Waals surface area contributed by atoms with Crippen LogP contribution in [0, 0.1) is 0 Å². The second kappa shape index (κ2) is 6.58. The minimum atomic E-state index is 0.204. The minimum Gasteiger partial charge on any atom is -0.376 e. The van der Waals surface area contributed by atoms with Gasteiger partial charge in [0.25, 0.3) is 0 Å². The second-order valence-corrected chi connectivity index (χ2v) is 5.18. The topological polar surface area (TPSA) is 63.8 Å². The zero-order chi connectivity index (χ0) is 13.7. The summed E-state index contributed by atoms with van der Waals surface area (Å²) in [6.07, 6.45) is 5.28. The van der Waals surface area contributed by atoms with Crippen LogP contribution in [0.15, 0.2) is 41.1 Å². The van der Waals surface area contributed by atoms with Crippen LogP contribution < -0.4 is 11.1 Å². The fraction of sp³-hybridized carbons (Fsp3) is 0.154. The molecule has 0 atom stereocenters. The van der Waals surface area contributed by atoms with Crippen LogP contribution in [-0.2, 0) is 12.8 Å². The molecule has 2 rings (SSSR count). The van der Waals surface area contributed by atoms with E-state index in [9.17, 15) is 0 Å². The number of hydrogen-bond acceptors (Lipinski definition) is 3. The van der Waals surface area contributed by atoms with Crippen molar-refractivity contribution in [1.29, 1.82) is 0 Å². The first-order valence-electron chi connectivity index (χ1n) is 5.76. The smallest absolute Gasteiger partial charge is 0.169 e. The van der Waals surface area contributed by atoms with Crippen LogP contribution in [0.5, 0.6) is 0 Å². The molecule has 0 unspecified atom stereocenters. The van der Waals surface area contributed by atoms with Gasteiger partial charge < -0.3 is 11.1 Å². The van der Waals surface area contributed by atoms with Crippen molar-refractivity contribution >= 4 is 39.1 Å². The lowest BCUT2D eigenvalue weighted by Gasteiger charge is -2.09. The van der Waals surface area contributed by atoms with Gasteiger partial charge in [0.15, 0.2) is 5.11 Å². The van der Waals surface area contributed by atoms with Crippen molar-refractivity contribution in [2.75, 3.05) is 5.32 Å². The van der Waals surface area contributed by atoms with Gasteiger partial charge in [0.1, 0.15) is 5.82 Å². The van der Waals surface area contributed by atoms with Crippen LogP contribution in [-0.4, -0.2) is 15.1 Å². The molecular formula is C13H13BrN4S. The van der Waals surface area contributed by atoms with Crippen LogP contribution in [0.3, 0.4) is 0 Å². The van der Waals surface area contributed by atoms with Gasteiger partial charge in [-0.15, -0.1) is 0 Å². The molecule has 2 aromatic heterocycles. The Bertz CT molecular complexity index is 574. The molecule has 98 valence electrons. The molecule has 0 aliphatic rings. The molecule has 0 aromatic carbocycles. The van der Waals surface area contributed by atoms with Gasteiger partial charge >= 0.3 is 0 Å². The van der Waals surface area contributed by atoms with Gasteiger partial charge in [0.2, 0.25) is 0 Å². The molecule has 0 amide bonds. The Kier molecular flexibility index (Phi) is 4.81. The minimum absolute atomic E-state index is 0.204. The maximum Gasteiger partial charge on any atom is 0.169 e. The number of hydrogen-bond donors (Lipinski definition) is 2. The standard InChI is InChI=1S/C13H13BrN4S/c14-11-9(4-5-10-3-1-2-7-16-10)6-8-17-12(11)18-13(15)19/h1-3,6-8H,4-5H2,(H3,15,17,18,19). The monoisotopic (exact) mass is 336 g/mol. The van der Waals surface area contributed by atoms with Gasteiger partial charge in [-0.25, -0.2) is 4.98 Å². The molecule has 0 fully saturated rings. The third-order valence-electron chi connectivity index (χ3n) is 2.59. The molecule has 6 heteroatoms. The first-order valence-corrected chi connectivity index (χ1v) is 6.96. The van der Waals surface area contributed by atoms with Crippen molar-refractivity contribution in [3.63, 3.8) is 0 Å². The molecular weight excluding hydrogens is 324 g/mol. The SMILES string of the molecule is NC(=S)Nc1nccc(CCc2ccccn2)c1Br. The zero-order valence-corrected chi connectivity index (χ0v) is 12.5. The lowest BCUT2D eigenvalue weighted by Crippen LogP contribution is -2.20. The van der Waals surface area contributed by atoms with E-state index in [0.29, 0.717) is 5.82 Å². The number of thiocarbonyl (C=S) groups is 1. The quantitative estimate of drug-likeness (QED) is 0.840. The van der Waals surface area contributed by atoms with E-state index in [2.05, 4.69) is 31.2 Å². The molecule has 0 radical (unpaired) electrons. The van der Waals surface area contributed by atoms with Crippen LogP contribution in [0.25, 0.3) is 0 Å². The highest BCUT2D eigenvalue weighted by molar-refractivity contribution is 9.10. The number of nitrogens with one attached hydrogen (secondary N) is 1. The molecule has 0 bridgehead atoms. The van der Waals surface area contributed by atoms with Gasteiger partial charge in [-0.05, 0) is 64.8 Å². The predicted octanol–water partition coefficient (Wildman–Crippen LogP) is 2.68. The number of pyridine rings is 2. The lowest BCUT2D eigenvalue weighted by atomic mass is 10.1. The van der Waals surface area contributed by atoms with Crippen LogP contribution in [0.1, 0.15) is 11.3 Å². The molecule has 2 heterocycles. The zero-order valence-electron chi connectivity index (χ0n) is 10.1. The molecule has 4 nitrogen and oxygen atoms in total. The van der Waals surface area contributed by atoms with E-state index in [4.69, 9.17) is 18.0 Å². The third-order valence-corrected chi connectivity index (χ3v) is 3.57. The molecule has 0 saturated heterocycles. The summed E-state index contributed by atoms with van der Waals surface area (Å²) in [6.45, 7) is 0. The van der Waals surface area contributed by atoms with E-state index in [1.807, 2.05) is 24.3 Å². The molecule has 0 saturated carbocycles. The summed E-state index contributed by atoms with van der Waals surface area (Å²) in [7, 11) is 0. The van der Waals surface area contributed by atoms with Crippen molar-refractivity contribution in [3.05, 3.63) is 52.4 Å². The van der Waals surface area contributed by atoms with Crippen LogP contribution >= 0.6 is 28.1 Å². The van der Waals surface area contributed by atoms with Crippen molar-refractivity contribution in [2.24, 2.45) is 5.73 Å². The molecule has 0 aliphatic carbocycles. The van der Waals surface area contributed by atoms with Gasteiger partial charge in [0, 0.05) is 18.1 Å². The maximum atomic E-state index is 5.46. The van der Waals surface area contributed by atoms with Crippen LogP contribution in [0.4, 0.5) is 5.82 Å². The normalized spacial score (nSPS) is 10.2. The number of nitrogens with zero attached hydrogens (tertiary/aromatic N) is 2. The second-order valence-electron chi connectivity index (χ2n) is 3.94. The number of rotatable bonds is 4. The summed E-state index contributed by atoms with van der Waals surface area (Å²) in [4.78, 5) is 8.50. The van der Waals surface area contributed by atoms with E-state index in [1.165, 1.54) is 0 Å². The first-order chi connectivity index (χ1) is 9.16. The van der Waals surface area contributed by atoms with E-state index >= 15 is 0 Å². The number of halogens is 1. The van der Waals surface area contributed by atoms with Crippen molar-refractivity contribution in [2.45, 2.75) is 12.8 Å². The van der Waals surface area contributed by atoms with Gasteiger partial charge in [-0.2, -0.15) is 0 Å². The van der Waals surface area contributed by atoms with Crippen molar-refractivity contribution in [3.8, 4) is 0 Å². The third kappa shape index (κ3) is 3.97. The Balaban J connectivity index is 2.10. The summed E-state index contributed by atoms with van der Waals surface area (Å²) >= 11 is 8.34. The maximum absolute atomic E-state index is 5.46. The van der Waals surface area contributed by atoms with Crippen molar-refractivity contribution in [1.82, 2.24) is 9.97 Å². The fourth-order valence-corrected chi connectivity index (χ4v) is 2.32. The average molecular weight is 337 g/mol.